The van der Waals surface area contributed by atoms with Crippen molar-refractivity contribution in [3.63, 3.8) is 0 Å². The molecule has 7 nitrogen and oxygen atoms in total. The zero-order valence-electron chi connectivity index (χ0n) is 14.7. The van der Waals surface area contributed by atoms with E-state index in [1.165, 1.54) is 11.8 Å². The van der Waals surface area contributed by atoms with Crippen molar-refractivity contribution in [2.24, 2.45) is 0 Å². The predicted molar refractivity (Wildman–Crippen MR) is 103 cm³/mol. The topological polar surface area (TPSA) is 85.5 Å². The van der Waals surface area contributed by atoms with Gasteiger partial charge in [0.05, 0.1) is 30.4 Å². The highest BCUT2D eigenvalue weighted by Gasteiger charge is 2.21. The number of methoxy groups -OCH3 is 1. The SMILES string of the molecule is COc1ccc2nc(SCC(=O)NC[C@@H]3COc4ccccc4O3)[nH]c2c1. The highest BCUT2D eigenvalue weighted by Crippen LogP contribution is 2.30. The monoisotopic (exact) mass is 385 g/mol. The number of aromatic nitrogens is 2. The van der Waals surface area contributed by atoms with E-state index >= 15 is 0 Å². The van der Waals surface area contributed by atoms with Crippen molar-refractivity contribution in [2.45, 2.75) is 11.3 Å². The molecule has 1 atom stereocenters. The molecule has 0 spiro atoms. The third-order valence-corrected chi connectivity index (χ3v) is 4.98. The number of hydrogen-bond donors (Lipinski definition) is 2. The molecule has 0 bridgehead atoms. The van der Waals surface area contributed by atoms with Crippen molar-refractivity contribution < 1.29 is 19.0 Å². The predicted octanol–water partition coefficient (Wildman–Crippen LogP) is 2.62. The van der Waals surface area contributed by atoms with E-state index in [2.05, 4.69) is 15.3 Å². The fourth-order valence-corrected chi connectivity index (χ4v) is 3.45. The van der Waals surface area contributed by atoms with Crippen molar-refractivity contribution in [2.75, 3.05) is 26.0 Å². The molecular formula is C19H19N3O4S. The molecule has 0 saturated heterocycles. The van der Waals surface area contributed by atoms with Gasteiger partial charge in [0, 0.05) is 6.07 Å². The molecule has 0 saturated carbocycles. The maximum absolute atomic E-state index is 12.1. The van der Waals surface area contributed by atoms with Gasteiger partial charge in [0.25, 0.3) is 0 Å². The normalized spacial score (nSPS) is 15.5. The van der Waals surface area contributed by atoms with Crippen molar-refractivity contribution in [1.82, 2.24) is 15.3 Å². The van der Waals surface area contributed by atoms with E-state index in [0.29, 0.717) is 24.1 Å². The van der Waals surface area contributed by atoms with Gasteiger partial charge in [-0.1, -0.05) is 23.9 Å². The Bertz CT molecular complexity index is 959. The fourth-order valence-electron chi connectivity index (χ4n) is 2.74. The van der Waals surface area contributed by atoms with Crippen LogP contribution in [0.1, 0.15) is 0 Å². The molecule has 2 N–H and O–H groups in total. The van der Waals surface area contributed by atoms with E-state index in [1.807, 2.05) is 42.5 Å². The standard InChI is InChI=1S/C19H19N3O4S/c1-24-12-6-7-14-15(8-12)22-19(21-14)27-11-18(23)20-9-13-10-25-16-4-2-3-5-17(16)26-13/h2-8,13H,9-11H2,1H3,(H,20,23)(H,21,22)/t13-/m1/s1. The minimum Gasteiger partial charge on any atom is -0.497 e. The minimum absolute atomic E-state index is 0.0829. The number of ether oxygens (including phenoxy) is 3. The lowest BCUT2D eigenvalue weighted by atomic mass is 10.2. The van der Waals surface area contributed by atoms with Gasteiger partial charge in [-0.2, -0.15) is 0 Å². The Morgan fingerprint density at radius 2 is 2.19 bits per heavy atom. The summed E-state index contributed by atoms with van der Waals surface area (Å²) in [4.78, 5) is 19.8. The summed E-state index contributed by atoms with van der Waals surface area (Å²) in [6.45, 7) is 0.806. The van der Waals surface area contributed by atoms with Crippen LogP contribution in [0.5, 0.6) is 17.2 Å². The number of imidazole rings is 1. The lowest BCUT2D eigenvalue weighted by molar-refractivity contribution is -0.119. The highest BCUT2D eigenvalue weighted by atomic mass is 32.2. The Kier molecular flexibility index (Phi) is 5.06. The molecule has 1 aromatic heterocycles. The van der Waals surface area contributed by atoms with Gasteiger partial charge >= 0.3 is 0 Å². The first-order valence-electron chi connectivity index (χ1n) is 8.53. The lowest BCUT2D eigenvalue weighted by Crippen LogP contribution is -2.41. The van der Waals surface area contributed by atoms with Crippen molar-refractivity contribution in [1.29, 1.82) is 0 Å². The molecule has 140 valence electrons. The molecule has 4 rings (SSSR count). The minimum atomic E-state index is -0.201. The van der Waals surface area contributed by atoms with Crippen molar-refractivity contribution in [3.05, 3.63) is 42.5 Å². The van der Waals surface area contributed by atoms with Crippen LogP contribution in [0.25, 0.3) is 11.0 Å². The quantitative estimate of drug-likeness (QED) is 0.635. The molecule has 0 fully saturated rings. The highest BCUT2D eigenvalue weighted by molar-refractivity contribution is 7.99. The molecule has 8 heteroatoms. The average molecular weight is 385 g/mol. The number of hydrogen-bond acceptors (Lipinski definition) is 6. The van der Waals surface area contributed by atoms with Gasteiger partial charge in [-0.3, -0.25) is 4.79 Å². The molecule has 2 heterocycles. The first-order chi connectivity index (χ1) is 13.2. The molecule has 1 aliphatic rings. The summed E-state index contributed by atoms with van der Waals surface area (Å²) in [7, 11) is 1.62. The number of rotatable bonds is 6. The van der Waals surface area contributed by atoms with Gasteiger partial charge in [0.1, 0.15) is 18.5 Å². The summed E-state index contributed by atoms with van der Waals surface area (Å²) in [5.74, 6) is 2.38. The van der Waals surface area contributed by atoms with E-state index in [9.17, 15) is 4.79 Å². The number of para-hydroxylation sites is 2. The number of nitrogens with one attached hydrogen (secondary N) is 2. The third kappa shape index (κ3) is 4.11. The van der Waals surface area contributed by atoms with E-state index < -0.39 is 0 Å². The summed E-state index contributed by atoms with van der Waals surface area (Å²) in [6, 6.07) is 13.1. The summed E-state index contributed by atoms with van der Waals surface area (Å²) in [5.41, 5.74) is 1.72. The second kappa shape index (κ2) is 7.79. The van der Waals surface area contributed by atoms with Crippen LogP contribution < -0.4 is 19.5 Å². The fraction of sp³-hybridized carbons (Fsp3) is 0.263. The number of aromatic amines is 1. The zero-order valence-corrected chi connectivity index (χ0v) is 15.5. The maximum atomic E-state index is 12.1. The van der Waals surface area contributed by atoms with Crippen LogP contribution in [0.4, 0.5) is 0 Å². The van der Waals surface area contributed by atoms with Crippen LogP contribution in [-0.4, -0.2) is 48.0 Å². The first-order valence-corrected chi connectivity index (χ1v) is 9.51. The second-order valence-electron chi connectivity index (χ2n) is 6.02. The number of fused-ring (bicyclic) bond motifs is 2. The number of amides is 1. The van der Waals surface area contributed by atoms with Crippen molar-refractivity contribution in [3.8, 4) is 17.2 Å². The van der Waals surface area contributed by atoms with Gasteiger partial charge in [-0.05, 0) is 24.3 Å². The van der Waals surface area contributed by atoms with Crippen LogP contribution in [0.2, 0.25) is 0 Å². The third-order valence-electron chi connectivity index (χ3n) is 4.10. The van der Waals surface area contributed by atoms with Gasteiger partial charge in [-0.15, -0.1) is 0 Å². The second-order valence-corrected chi connectivity index (χ2v) is 6.98. The number of benzene rings is 2. The molecule has 0 radical (unpaired) electrons. The Morgan fingerprint density at radius 3 is 3.04 bits per heavy atom. The summed E-state index contributed by atoms with van der Waals surface area (Å²) in [5, 5.41) is 3.57. The average Bonchev–Trinajstić information content (AvgIpc) is 3.12. The Hall–Kier alpha value is -2.87. The Labute approximate surface area is 160 Å². The molecule has 0 aliphatic carbocycles. The molecule has 1 amide bonds. The van der Waals surface area contributed by atoms with Gasteiger partial charge in [-0.25, -0.2) is 4.98 Å². The molecular weight excluding hydrogens is 366 g/mol. The number of nitrogens with zero attached hydrogens (tertiary/aromatic N) is 1. The Morgan fingerprint density at radius 1 is 1.33 bits per heavy atom. The van der Waals surface area contributed by atoms with E-state index in [4.69, 9.17) is 14.2 Å². The number of carbonyl (C=O) groups excluding carboxylic acids is 1. The number of H-pyrrole nitrogens is 1. The number of carbonyl (C=O) groups is 1. The van der Waals surface area contributed by atoms with Crippen LogP contribution in [0, 0.1) is 0 Å². The van der Waals surface area contributed by atoms with E-state index in [1.54, 1.807) is 7.11 Å². The zero-order chi connectivity index (χ0) is 18.6. The van der Waals surface area contributed by atoms with Crippen molar-refractivity contribution >= 4 is 28.7 Å². The van der Waals surface area contributed by atoms with Crippen LogP contribution in [-0.2, 0) is 4.79 Å². The smallest absolute Gasteiger partial charge is 0.230 e. The van der Waals surface area contributed by atoms with Crippen LogP contribution in [0.3, 0.4) is 0 Å². The molecule has 0 unspecified atom stereocenters. The van der Waals surface area contributed by atoms with Crippen LogP contribution in [0.15, 0.2) is 47.6 Å². The maximum Gasteiger partial charge on any atom is 0.230 e. The van der Waals surface area contributed by atoms with Gasteiger partial charge < -0.3 is 24.5 Å². The molecule has 2 aromatic carbocycles. The Balaban J connectivity index is 1.26. The summed E-state index contributed by atoms with van der Waals surface area (Å²) < 4.78 is 16.7. The van der Waals surface area contributed by atoms with Gasteiger partial charge in [0.2, 0.25) is 5.91 Å². The number of thioether (sulfide) groups is 1. The summed E-state index contributed by atoms with van der Waals surface area (Å²) >= 11 is 1.35. The largest absolute Gasteiger partial charge is 0.497 e. The first kappa shape index (κ1) is 17.5. The molecule has 27 heavy (non-hydrogen) atoms. The van der Waals surface area contributed by atoms with Gasteiger partial charge in [0.15, 0.2) is 16.7 Å². The summed E-state index contributed by atoms with van der Waals surface area (Å²) in [6.07, 6.45) is -0.201. The molecule has 1 aliphatic heterocycles. The van der Waals surface area contributed by atoms with E-state index in [-0.39, 0.29) is 17.8 Å². The van der Waals surface area contributed by atoms with E-state index in [0.717, 1.165) is 22.5 Å². The molecule has 3 aromatic rings. The van der Waals surface area contributed by atoms with Crippen LogP contribution >= 0.6 is 11.8 Å². The lowest BCUT2D eigenvalue weighted by Gasteiger charge is -2.26.